The zero-order valence-corrected chi connectivity index (χ0v) is 15.5. The van der Waals surface area contributed by atoms with E-state index in [-0.39, 0.29) is 5.54 Å². The number of hydrogen-bond acceptors (Lipinski definition) is 2. The Morgan fingerprint density at radius 3 is 2.37 bits per heavy atom. The van der Waals surface area contributed by atoms with Crippen molar-refractivity contribution in [3.05, 3.63) is 35.4 Å². The summed E-state index contributed by atoms with van der Waals surface area (Å²) in [6, 6.07) is 8.33. The van der Waals surface area contributed by atoms with Crippen LogP contribution in [0.4, 0.5) is 11.4 Å². The van der Waals surface area contributed by atoms with Crippen molar-refractivity contribution >= 4 is 40.3 Å². The smallest absolute Gasteiger partial charge is 0.193 e. The predicted molar refractivity (Wildman–Crippen MR) is 113 cm³/mol. The summed E-state index contributed by atoms with van der Waals surface area (Å²) in [6.45, 7) is 0. The molecule has 0 radical (unpaired) electrons. The monoisotopic (exact) mass is 358 g/mol. The largest absolute Gasteiger partial charge is 0.397 e. The Morgan fingerprint density at radius 2 is 1.67 bits per heavy atom. The van der Waals surface area contributed by atoms with Gasteiger partial charge in [-0.1, -0.05) is 30.4 Å². The van der Waals surface area contributed by atoms with E-state index in [0.29, 0.717) is 11.6 Å². The van der Waals surface area contributed by atoms with Gasteiger partial charge in [-0.3, -0.25) is 5.41 Å². The number of nitrogen functional groups attached to an aromatic ring is 1. The summed E-state index contributed by atoms with van der Waals surface area (Å²) < 4.78 is 0. The Bertz CT molecular complexity index is 968. The van der Waals surface area contributed by atoms with Crippen molar-refractivity contribution in [1.82, 2.24) is 5.32 Å². The van der Waals surface area contributed by atoms with Crippen LogP contribution in [0, 0.1) is 23.2 Å². The average Bonchev–Trinajstić information content (AvgIpc) is 3.01. The summed E-state index contributed by atoms with van der Waals surface area (Å²) in [4.78, 5) is 0. The second kappa shape index (κ2) is 5.28. The molecule has 7 rings (SSSR count). The third kappa shape index (κ3) is 2.32. The van der Waals surface area contributed by atoms with Gasteiger partial charge in [0.15, 0.2) is 5.96 Å². The number of hydrogen-bond donors (Lipinski definition) is 4. The minimum absolute atomic E-state index is 0.129. The lowest BCUT2D eigenvalue weighted by atomic mass is 9.53. The summed E-state index contributed by atoms with van der Waals surface area (Å²) in [6.07, 6.45) is 12.2. The fraction of sp³-hybridized carbons (Fsp3) is 0.435. The number of anilines is 2. The fourth-order valence-corrected chi connectivity index (χ4v) is 6.84. The molecule has 0 atom stereocenters. The van der Waals surface area contributed by atoms with E-state index in [9.17, 15) is 0 Å². The molecule has 138 valence electrons. The van der Waals surface area contributed by atoms with Crippen LogP contribution in [-0.2, 0) is 0 Å². The molecule has 0 aliphatic heterocycles. The fourth-order valence-electron chi connectivity index (χ4n) is 6.84. The van der Waals surface area contributed by atoms with Gasteiger partial charge in [0.2, 0.25) is 0 Å². The molecule has 0 heterocycles. The summed E-state index contributed by atoms with van der Waals surface area (Å²) in [5, 5.41) is 17.9. The van der Waals surface area contributed by atoms with Crippen molar-refractivity contribution in [2.45, 2.75) is 44.1 Å². The topological polar surface area (TPSA) is 73.9 Å². The lowest BCUT2D eigenvalue weighted by Crippen LogP contribution is -2.60. The van der Waals surface area contributed by atoms with E-state index in [2.05, 4.69) is 41.0 Å². The Kier molecular flexibility index (Phi) is 3.04. The molecule has 4 heteroatoms. The first-order valence-corrected chi connectivity index (χ1v) is 10.3. The molecule has 4 saturated carbocycles. The predicted octanol–water partition coefficient (Wildman–Crippen LogP) is 4.81. The Hall–Kier alpha value is -2.49. The molecule has 4 nitrogen and oxygen atoms in total. The van der Waals surface area contributed by atoms with Crippen LogP contribution >= 0.6 is 0 Å². The number of rotatable bonds is 2. The molecular weight excluding hydrogens is 332 g/mol. The molecule has 4 bridgehead atoms. The van der Waals surface area contributed by atoms with Crippen LogP contribution in [0.2, 0.25) is 0 Å². The van der Waals surface area contributed by atoms with Gasteiger partial charge in [-0.15, -0.1) is 0 Å². The summed E-state index contributed by atoms with van der Waals surface area (Å²) in [7, 11) is 0. The van der Waals surface area contributed by atoms with Crippen molar-refractivity contribution in [3.8, 4) is 0 Å². The van der Waals surface area contributed by atoms with Gasteiger partial charge in [0.05, 0.1) is 11.4 Å². The Balaban J connectivity index is 1.30. The van der Waals surface area contributed by atoms with Crippen LogP contribution in [0.3, 0.4) is 0 Å². The molecule has 0 aromatic heterocycles. The second-order valence-electron chi connectivity index (χ2n) is 9.36. The van der Waals surface area contributed by atoms with E-state index in [1.807, 2.05) is 6.07 Å². The lowest BCUT2D eigenvalue weighted by Gasteiger charge is -2.57. The van der Waals surface area contributed by atoms with Gasteiger partial charge in [0, 0.05) is 10.9 Å². The first-order valence-electron chi connectivity index (χ1n) is 10.3. The number of nitrogens with one attached hydrogen (secondary N) is 3. The van der Waals surface area contributed by atoms with E-state index in [1.165, 1.54) is 55.0 Å². The molecule has 2 aromatic carbocycles. The zero-order chi connectivity index (χ0) is 18.2. The van der Waals surface area contributed by atoms with Crippen LogP contribution in [0.1, 0.15) is 49.7 Å². The van der Waals surface area contributed by atoms with Crippen molar-refractivity contribution < 1.29 is 0 Å². The van der Waals surface area contributed by atoms with Gasteiger partial charge >= 0.3 is 0 Å². The maximum Gasteiger partial charge on any atom is 0.193 e. The standard InChI is InChI=1S/C23H26N4/c24-19-9-17-5-4-16-2-1-3-18(20(16)17)21(19)26-22(25)27-23-10-13-6-14(11-23)8-15(7-13)12-23/h1-5,9,13-15H,6-8,10-12,24H2,(H3,25,26,27). The lowest BCUT2D eigenvalue weighted by molar-refractivity contribution is -0.0101. The number of guanidine groups is 1. The highest BCUT2D eigenvalue weighted by Gasteiger charge is 2.51. The maximum absolute atomic E-state index is 8.66. The third-order valence-corrected chi connectivity index (χ3v) is 7.38. The maximum atomic E-state index is 8.66. The van der Waals surface area contributed by atoms with E-state index < -0.39 is 0 Å². The Labute approximate surface area is 159 Å². The molecule has 0 spiro atoms. The van der Waals surface area contributed by atoms with E-state index in [1.54, 1.807) is 0 Å². The van der Waals surface area contributed by atoms with Crippen molar-refractivity contribution in [1.29, 1.82) is 5.41 Å². The van der Waals surface area contributed by atoms with Gasteiger partial charge in [-0.25, -0.2) is 0 Å². The van der Waals surface area contributed by atoms with Crippen LogP contribution in [0.15, 0.2) is 24.3 Å². The molecule has 5 N–H and O–H groups in total. The van der Waals surface area contributed by atoms with Gasteiger partial charge in [-0.05, 0) is 78.9 Å². The molecule has 5 aliphatic rings. The van der Waals surface area contributed by atoms with Crippen LogP contribution in [-0.4, -0.2) is 11.5 Å². The third-order valence-electron chi connectivity index (χ3n) is 7.38. The quantitative estimate of drug-likeness (QED) is 0.302. The summed E-state index contributed by atoms with van der Waals surface area (Å²) in [5.74, 6) is 2.99. The van der Waals surface area contributed by atoms with Crippen LogP contribution in [0.5, 0.6) is 0 Å². The van der Waals surface area contributed by atoms with Crippen LogP contribution < -0.4 is 16.4 Å². The summed E-state index contributed by atoms with van der Waals surface area (Å²) in [5.41, 5.74) is 10.5. The normalized spacial score (nSPS) is 32.2. The highest BCUT2D eigenvalue weighted by molar-refractivity contribution is 6.15. The van der Waals surface area contributed by atoms with E-state index in [0.717, 1.165) is 28.8 Å². The van der Waals surface area contributed by atoms with Crippen molar-refractivity contribution in [2.24, 2.45) is 17.8 Å². The molecule has 2 aromatic rings. The molecule has 0 saturated heterocycles. The molecule has 5 aliphatic carbocycles. The molecule has 0 unspecified atom stereocenters. The number of benzene rings is 2. The van der Waals surface area contributed by atoms with Crippen LogP contribution in [0.25, 0.3) is 22.9 Å². The van der Waals surface area contributed by atoms with E-state index in [4.69, 9.17) is 11.1 Å². The molecule has 27 heavy (non-hydrogen) atoms. The highest BCUT2D eigenvalue weighted by atomic mass is 15.2. The number of nitrogens with two attached hydrogens (primary N) is 1. The molecule has 0 amide bonds. The SMILES string of the molecule is N=C(Nc1c(N)cc2c3c(cccc13)C=C2)NC12CC3CC(CC(C3)C1)C2. The zero-order valence-electron chi connectivity index (χ0n) is 15.5. The first-order chi connectivity index (χ1) is 13.1. The highest BCUT2D eigenvalue weighted by Crippen LogP contribution is 2.55. The molecule has 4 fully saturated rings. The summed E-state index contributed by atoms with van der Waals surface area (Å²) >= 11 is 0. The minimum atomic E-state index is 0.129. The minimum Gasteiger partial charge on any atom is -0.397 e. The first kappa shape index (κ1) is 15.6. The van der Waals surface area contributed by atoms with E-state index >= 15 is 0 Å². The van der Waals surface area contributed by atoms with Gasteiger partial charge in [0.1, 0.15) is 0 Å². The Morgan fingerprint density at radius 1 is 1.00 bits per heavy atom. The molecular formula is C23H26N4. The van der Waals surface area contributed by atoms with Crippen molar-refractivity contribution in [2.75, 3.05) is 11.1 Å². The van der Waals surface area contributed by atoms with Crippen molar-refractivity contribution in [3.63, 3.8) is 0 Å². The average molecular weight is 358 g/mol. The van der Waals surface area contributed by atoms with Gasteiger partial charge in [0.25, 0.3) is 0 Å². The second-order valence-corrected chi connectivity index (χ2v) is 9.36. The van der Waals surface area contributed by atoms with Gasteiger partial charge < -0.3 is 16.4 Å². The van der Waals surface area contributed by atoms with Gasteiger partial charge in [-0.2, -0.15) is 0 Å².